The van der Waals surface area contributed by atoms with Crippen molar-refractivity contribution >= 4 is 28.3 Å². The van der Waals surface area contributed by atoms with E-state index in [0.717, 1.165) is 16.8 Å². The largest absolute Gasteiger partial charge is 0.573 e. The van der Waals surface area contributed by atoms with Gasteiger partial charge in [-0.2, -0.15) is 5.10 Å². The van der Waals surface area contributed by atoms with Crippen LogP contribution in [0, 0.1) is 0 Å². The van der Waals surface area contributed by atoms with Crippen LogP contribution in [0.2, 0.25) is 0 Å². The molecule has 1 atom stereocenters. The van der Waals surface area contributed by atoms with Crippen molar-refractivity contribution < 1.29 is 32.2 Å². The first-order chi connectivity index (χ1) is 15.5. The maximum absolute atomic E-state index is 12.8. The molecule has 3 rings (SSSR count). The number of amides is 1. The van der Waals surface area contributed by atoms with Gasteiger partial charge in [0.05, 0.1) is 11.4 Å². The lowest BCUT2D eigenvalue weighted by Crippen LogP contribution is -2.32. The van der Waals surface area contributed by atoms with Gasteiger partial charge in [-0.1, -0.05) is 18.2 Å². The van der Waals surface area contributed by atoms with Crippen molar-refractivity contribution in [2.24, 2.45) is 0 Å². The number of carbonyl (C=O) groups is 2. The van der Waals surface area contributed by atoms with Crippen LogP contribution in [0.25, 0.3) is 10.8 Å². The van der Waals surface area contributed by atoms with Gasteiger partial charge in [-0.15, -0.1) is 13.2 Å². The van der Waals surface area contributed by atoms with E-state index in [2.05, 4.69) is 15.2 Å². The topological polar surface area (TPSA) is 99.5 Å². The number of alkyl halides is 3. The molecule has 0 radical (unpaired) electrons. The van der Waals surface area contributed by atoms with E-state index in [0.29, 0.717) is 0 Å². The number of carbonyl (C=O) groups excluding carboxylic acids is 2. The SMILES string of the molecule is CC(OC(=O)c1nn(C(C)C)c(=O)c2ccccc12)C(=O)Nc1ccc(OC(F)(F)F)cc1. The van der Waals surface area contributed by atoms with E-state index in [4.69, 9.17) is 4.74 Å². The molecular formula is C22H20F3N3O5. The molecule has 174 valence electrons. The Kier molecular flexibility index (Phi) is 6.70. The highest BCUT2D eigenvalue weighted by Gasteiger charge is 2.31. The van der Waals surface area contributed by atoms with Gasteiger partial charge < -0.3 is 14.8 Å². The van der Waals surface area contributed by atoms with Gasteiger partial charge in [0.2, 0.25) is 0 Å². The zero-order valence-electron chi connectivity index (χ0n) is 17.8. The maximum Gasteiger partial charge on any atom is 0.573 e. The van der Waals surface area contributed by atoms with Crippen molar-refractivity contribution in [2.45, 2.75) is 39.3 Å². The maximum atomic E-state index is 12.8. The van der Waals surface area contributed by atoms with Gasteiger partial charge in [0, 0.05) is 11.1 Å². The number of ether oxygens (including phenoxy) is 2. The Morgan fingerprint density at radius 2 is 1.61 bits per heavy atom. The van der Waals surface area contributed by atoms with E-state index in [9.17, 15) is 27.6 Å². The lowest BCUT2D eigenvalue weighted by Gasteiger charge is -2.16. The van der Waals surface area contributed by atoms with Crippen molar-refractivity contribution in [1.29, 1.82) is 0 Å². The summed E-state index contributed by atoms with van der Waals surface area (Å²) in [4.78, 5) is 37.8. The monoisotopic (exact) mass is 463 g/mol. The molecule has 1 unspecified atom stereocenters. The Morgan fingerprint density at radius 1 is 1.00 bits per heavy atom. The van der Waals surface area contributed by atoms with Gasteiger partial charge >= 0.3 is 12.3 Å². The normalized spacial score (nSPS) is 12.5. The molecule has 2 aromatic carbocycles. The van der Waals surface area contributed by atoms with Gasteiger partial charge in [0.1, 0.15) is 5.75 Å². The summed E-state index contributed by atoms with van der Waals surface area (Å²) in [5.41, 5.74) is -0.303. The number of aromatic nitrogens is 2. The molecule has 1 N–H and O–H groups in total. The second kappa shape index (κ2) is 9.31. The van der Waals surface area contributed by atoms with E-state index in [1.54, 1.807) is 38.1 Å². The summed E-state index contributed by atoms with van der Waals surface area (Å²) in [5.74, 6) is -2.07. The zero-order valence-corrected chi connectivity index (χ0v) is 17.8. The first-order valence-electron chi connectivity index (χ1n) is 9.85. The molecule has 0 spiro atoms. The molecule has 1 heterocycles. The third kappa shape index (κ3) is 5.68. The van der Waals surface area contributed by atoms with E-state index >= 15 is 0 Å². The number of nitrogens with zero attached hydrogens (tertiary/aromatic N) is 2. The molecule has 33 heavy (non-hydrogen) atoms. The average Bonchev–Trinajstić information content (AvgIpc) is 2.74. The molecular weight excluding hydrogens is 443 g/mol. The van der Waals surface area contributed by atoms with Gasteiger partial charge in [0.15, 0.2) is 11.8 Å². The van der Waals surface area contributed by atoms with Crippen molar-refractivity contribution in [2.75, 3.05) is 5.32 Å². The Bertz CT molecular complexity index is 1240. The predicted molar refractivity (Wildman–Crippen MR) is 113 cm³/mol. The molecule has 0 aliphatic rings. The van der Waals surface area contributed by atoms with Crippen molar-refractivity contribution in [3.8, 4) is 5.75 Å². The first kappa shape index (κ1) is 23.8. The van der Waals surface area contributed by atoms with Crippen LogP contribution >= 0.6 is 0 Å². The zero-order chi connectivity index (χ0) is 24.3. The van der Waals surface area contributed by atoms with E-state index in [-0.39, 0.29) is 33.8 Å². The van der Waals surface area contributed by atoms with Crippen LogP contribution < -0.4 is 15.6 Å². The lowest BCUT2D eigenvalue weighted by molar-refractivity contribution is -0.274. The standard InChI is InChI=1S/C22H20F3N3O5/c1-12(2)28-20(30)17-7-5-4-6-16(17)18(27-28)21(31)32-13(3)19(29)26-14-8-10-15(11-9-14)33-22(23,24)25/h4-13H,1-3H3,(H,26,29). The summed E-state index contributed by atoms with van der Waals surface area (Å²) < 4.78 is 46.9. The quantitative estimate of drug-likeness (QED) is 0.554. The van der Waals surface area contributed by atoms with Crippen LogP contribution in [0.1, 0.15) is 37.3 Å². The van der Waals surface area contributed by atoms with Crippen molar-refractivity contribution in [1.82, 2.24) is 9.78 Å². The molecule has 0 bridgehead atoms. The van der Waals surface area contributed by atoms with Crippen LogP contribution in [-0.4, -0.2) is 34.1 Å². The highest BCUT2D eigenvalue weighted by atomic mass is 19.4. The minimum absolute atomic E-state index is 0.118. The second-order valence-electron chi connectivity index (χ2n) is 7.35. The summed E-state index contributed by atoms with van der Waals surface area (Å²) in [6.45, 7) is 4.80. The fourth-order valence-corrected chi connectivity index (χ4v) is 2.96. The fourth-order valence-electron chi connectivity index (χ4n) is 2.96. The molecule has 1 aromatic heterocycles. The predicted octanol–water partition coefficient (Wildman–Crippen LogP) is 4.06. The van der Waals surface area contributed by atoms with Crippen LogP contribution in [0.15, 0.2) is 53.3 Å². The van der Waals surface area contributed by atoms with E-state index in [1.807, 2.05) is 0 Å². The van der Waals surface area contributed by atoms with Crippen LogP contribution in [0.3, 0.4) is 0 Å². The summed E-state index contributed by atoms with van der Waals surface area (Å²) in [7, 11) is 0. The molecule has 1 amide bonds. The molecule has 8 nitrogen and oxygen atoms in total. The fraction of sp³-hybridized carbons (Fsp3) is 0.273. The minimum Gasteiger partial charge on any atom is -0.448 e. The number of rotatable bonds is 6. The molecule has 11 heteroatoms. The molecule has 0 saturated heterocycles. The number of hydrogen-bond donors (Lipinski definition) is 1. The number of nitrogens with one attached hydrogen (secondary N) is 1. The number of hydrogen-bond acceptors (Lipinski definition) is 6. The van der Waals surface area contributed by atoms with E-state index in [1.165, 1.54) is 19.1 Å². The lowest BCUT2D eigenvalue weighted by atomic mass is 10.1. The number of halogens is 3. The third-order valence-corrected chi connectivity index (χ3v) is 4.52. The molecule has 0 aliphatic heterocycles. The number of benzene rings is 2. The number of anilines is 1. The molecule has 0 saturated carbocycles. The minimum atomic E-state index is -4.83. The second-order valence-corrected chi connectivity index (χ2v) is 7.35. The Morgan fingerprint density at radius 3 is 2.18 bits per heavy atom. The highest BCUT2D eigenvalue weighted by Crippen LogP contribution is 2.24. The van der Waals surface area contributed by atoms with Gasteiger partial charge in [-0.05, 0) is 51.1 Å². The third-order valence-electron chi connectivity index (χ3n) is 4.52. The Labute approximate surface area is 185 Å². The summed E-state index contributed by atoms with van der Waals surface area (Å²) in [5, 5.41) is 7.14. The number of esters is 1. The smallest absolute Gasteiger partial charge is 0.448 e. The highest BCUT2D eigenvalue weighted by molar-refractivity contribution is 6.03. The Balaban J connectivity index is 1.75. The van der Waals surface area contributed by atoms with E-state index < -0.39 is 30.1 Å². The molecule has 0 aliphatic carbocycles. The molecule has 0 fully saturated rings. The van der Waals surface area contributed by atoms with Crippen molar-refractivity contribution in [3.63, 3.8) is 0 Å². The number of fused-ring (bicyclic) bond motifs is 1. The Hall–Kier alpha value is -3.89. The van der Waals surface area contributed by atoms with Crippen LogP contribution in [0.4, 0.5) is 18.9 Å². The average molecular weight is 463 g/mol. The summed E-state index contributed by atoms with van der Waals surface area (Å²) in [6, 6.07) is 10.6. The molecule has 3 aromatic rings. The van der Waals surface area contributed by atoms with Crippen molar-refractivity contribution in [3.05, 3.63) is 64.6 Å². The first-order valence-corrected chi connectivity index (χ1v) is 9.85. The van der Waals surface area contributed by atoms with Crippen LogP contribution in [0.5, 0.6) is 5.75 Å². The summed E-state index contributed by atoms with van der Waals surface area (Å²) in [6.07, 6.45) is -6.09. The van der Waals surface area contributed by atoms with Gasteiger partial charge in [-0.3, -0.25) is 9.59 Å². The van der Waals surface area contributed by atoms with Crippen LogP contribution in [-0.2, 0) is 9.53 Å². The van der Waals surface area contributed by atoms with Gasteiger partial charge in [0.25, 0.3) is 11.5 Å². The van der Waals surface area contributed by atoms with Gasteiger partial charge in [-0.25, -0.2) is 9.48 Å². The summed E-state index contributed by atoms with van der Waals surface area (Å²) >= 11 is 0.